The van der Waals surface area contributed by atoms with Gasteiger partial charge in [0.05, 0.1) is 5.54 Å². The molecule has 0 atom stereocenters. The summed E-state index contributed by atoms with van der Waals surface area (Å²) in [5.74, 6) is -1.31. The van der Waals surface area contributed by atoms with Gasteiger partial charge in [0.25, 0.3) is 0 Å². The number of carboxylic acid groups (broad SMARTS) is 1. The summed E-state index contributed by atoms with van der Waals surface area (Å²) in [7, 11) is 1.66. The summed E-state index contributed by atoms with van der Waals surface area (Å²) in [5, 5.41) is 14.8. The van der Waals surface area contributed by atoms with Crippen molar-refractivity contribution in [3.8, 4) is 0 Å². The maximum atomic E-state index is 12.0. The Morgan fingerprint density at radius 3 is 2.24 bits per heavy atom. The van der Waals surface area contributed by atoms with Gasteiger partial charge in [-0.05, 0) is 20.9 Å². The van der Waals surface area contributed by atoms with Crippen molar-refractivity contribution in [1.29, 1.82) is 0 Å². The van der Waals surface area contributed by atoms with Crippen LogP contribution in [0.15, 0.2) is 0 Å². The van der Waals surface area contributed by atoms with Gasteiger partial charge in [0.1, 0.15) is 5.54 Å². The Morgan fingerprint density at radius 2 is 1.82 bits per heavy atom. The fraction of sp³-hybridized carbons (Fsp3) is 0.818. The monoisotopic (exact) mass is 244 g/mol. The molecule has 0 bridgehead atoms. The highest BCUT2D eigenvalue weighted by Gasteiger charge is 2.43. The first kappa shape index (κ1) is 13.9. The molecule has 0 spiro atoms. The van der Waals surface area contributed by atoms with Crippen molar-refractivity contribution in [2.75, 3.05) is 20.3 Å². The molecule has 6 heteroatoms. The summed E-state index contributed by atoms with van der Waals surface area (Å²) in [5.41, 5.74) is -1.98. The number of carbonyl (C=O) groups is 2. The van der Waals surface area contributed by atoms with Gasteiger partial charge in [0.15, 0.2) is 0 Å². The second kappa shape index (κ2) is 5.01. The van der Waals surface area contributed by atoms with E-state index in [0.717, 1.165) is 0 Å². The van der Waals surface area contributed by atoms with Gasteiger partial charge in [0, 0.05) is 26.1 Å². The summed E-state index contributed by atoms with van der Waals surface area (Å²) in [6, 6.07) is 0. The second-order valence-corrected chi connectivity index (χ2v) is 4.83. The molecular formula is C11H20N2O4. The minimum Gasteiger partial charge on any atom is -0.480 e. The minimum atomic E-state index is -1.19. The molecule has 0 aromatic rings. The van der Waals surface area contributed by atoms with Crippen LogP contribution in [0.25, 0.3) is 0 Å². The number of hydrogen-bond acceptors (Lipinski definition) is 4. The second-order valence-electron chi connectivity index (χ2n) is 4.83. The van der Waals surface area contributed by atoms with Crippen LogP contribution in [0.3, 0.4) is 0 Å². The van der Waals surface area contributed by atoms with Crippen LogP contribution in [-0.4, -0.2) is 48.3 Å². The molecule has 17 heavy (non-hydrogen) atoms. The van der Waals surface area contributed by atoms with E-state index in [-0.39, 0.29) is 5.91 Å². The molecule has 0 saturated carbocycles. The van der Waals surface area contributed by atoms with E-state index in [4.69, 9.17) is 4.74 Å². The summed E-state index contributed by atoms with van der Waals surface area (Å²) in [6.45, 7) is 4.12. The predicted molar refractivity (Wildman–Crippen MR) is 61.7 cm³/mol. The van der Waals surface area contributed by atoms with E-state index in [9.17, 15) is 14.7 Å². The molecule has 0 aromatic heterocycles. The van der Waals surface area contributed by atoms with Crippen LogP contribution >= 0.6 is 0 Å². The zero-order valence-corrected chi connectivity index (χ0v) is 10.5. The standard InChI is InChI=1S/C11H20N2O4/c1-10(2,12-3)8(14)13-11(9(15)16)4-6-17-7-5-11/h12H,4-7H2,1-3H3,(H,13,14)(H,15,16). The molecule has 1 rings (SSSR count). The average molecular weight is 244 g/mol. The number of carboxylic acids is 1. The first-order valence-corrected chi connectivity index (χ1v) is 5.67. The maximum absolute atomic E-state index is 12.0. The lowest BCUT2D eigenvalue weighted by atomic mass is 9.88. The number of likely N-dealkylation sites (N-methyl/N-ethyl adjacent to an activating group) is 1. The molecule has 1 saturated heterocycles. The first-order valence-electron chi connectivity index (χ1n) is 5.67. The normalized spacial score (nSPS) is 19.7. The molecule has 1 aliphatic heterocycles. The molecule has 0 unspecified atom stereocenters. The van der Waals surface area contributed by atoms with Crippen LogP contribution in [0.2, 0.25) is 0 Å². The van der Waals surface area contributed by atoms with Crippen molar-refractivity contribution in [3.63, 3.8) is 0 Å². The van der Waals surface area contributed by atoms with Crippen LogP contribution in [0.1, 0.15) is 26.7 Å². The lowest BCUT2D eigenvalue weighted by molar-refractivity contribution is -0.153. The van der Waals surface area contributed by atoms with Gasteiger partial charge in [-0.25, -0.2) is 4.79 Å². The maximum Gasteiger partial charge on any atom is 0.329 e. The van der Waals surface area contributed by atoms with E-state index in [1.54, 1.807) is 20.9 Å². The van der Waals surface area contributed by atoms with Crippen LogP contribution in [0, 0.1) is 0 Å². The van der Waals surface area contributed by atoms with Crippen molar-refractivity contribution in [3.05, 3.63) is 0 Å². The smallest absolute Gasteiger partial charge is 0.329 e. The lowest BCUT2D eigenvalue weighted by Gasteiger charge is -2.36. The molecule has 1 fully saturated rings. The van der Waals surface area contributed by atoms with Crippen LogP contribution in [0.5, 0.6) is 0 Å². The van der Waals surface area contributed by atoms with Gasteiger partial charge < -0.3 is 20.5 Å². The van der Waals surface area contributed by atoms with Crippen molar-refractivity contribution >= 4 is 11.9 Å². The summed E-state index contributed by atoms with van der Waals surface area (Å²) >= 11 is 0. The summed E-state index contributed by atoms with van der Waals surface area (Å²) < 4.78 is 5.14. The van der Waals surface area contributed by atoms with Crippen molar-refractivity contribution < 1.29 is 19.4 Å². The van der Waals surface area contributed by atoms with Crippen molar-refractivity contribution in [2.45, 2.75) is 37.8 Å². The van der Waals surface area contributed by atoms with E-state index in [1.807, 2.05) is 0 Å². The lowest BCUT2D eigenvalue weighted by Crippen LogP contribution is -2.63. The molecule has 1 amide bonds. The number of ether oxygens (including phenoxy) is 1. The molecule has 1 aliphatic rings. The van der Waals surface area contributed by atoms with E-state index < -0.39 is 17.0 Å². The van der Waals surface area contributed by atoms with E-state index in [0.29, 0.717) is 26.1 Å². The molecule has 98 valence electrons. The Labute approximate surface area is 101 Å². The third-order valence-corrected chi connectivity index (χ3v) is 3.30. The van der Waals surface area contributed by atoms with Gasteiger partial charge in [-0.1, -0.05) is 0 Å². The highest BCUT2D eigenvalue weighted by atomic mass is 16.5. The first-order chi connectivity index (χ1) is 7.84. The average Bonchev–Trinajstić information content (AvgIpc) is 2.30. The van der Waals surface area contributed by atoms with E-state index in [1.165, 1.54) is 0 Å². The molecule has 1 heterocycles. The van der Waals surface area contributed by atoms with Crippen LogP contribution in [0.4, 0.5) is 0 Å². The quantitative estimate of drug-likeness (QED) is 0.634. The largest absolute Gasteiger partial charge is 0.480 e. The number of rotatable bonds is 4. The Morgan fingerprint density at radius 1 is 1.29 bits per heavy atom. The van der Waals surface area contributed by atoms with Gasteiger partial charge in [-0.3, -0.25) is 4.79 Å². The molecule has 0 radical (unpaired) electrons. The molecule has 6 nitrogen and oxygen atoms in total. The number of carbonyl (C=O) groups excluding carboxylic acids is 1. The van der Waals surface area contributed by atoms with E-state index in [2.05, 4.69) is 10.6 Å². The number of nitrogens with one attached hydrogen (secondary N) is 2. The predicted octanol–water partition coefficient (Wildman–Crippen LogP) is -0.266. The topological polar surface area (TPSA) is 87.7 Å². The molecular weight excluding hydrogens is 224 g/mol. The SMILES string of the molecule is CNC(C)(C)C(=O)NC1(C(=O)O)CCOCC1. The van der Waals surface area contributed by atoms with Gasteiger partial charge in [0.2, 0.25) is 5.91 Å². The van der Waals surface area contributed by atoms with Crippen LogP contribution < -0.4 is 10.6 Å². The van der Waals surface area contributed by atoms with Crippen molar-refractivity contribution in [1.82, 2.24) is 10.6 Å². The zero-order chi connectivity index (χ0) is 13.1. The fourth-order valence-electron chi connectivity index (χ4n) is 1.60. The number of aliphatic carboxylic acids is 1. The highest BCUT2D eigenvalue weighted by Crippen LogP contribution is 2.22. The van der Waals surface area contributed by atoms with Gasteiger partial charge >= 0.3 is 5.97 Å². The Bertz CT molecular complexity index is 309. The Kier molecular flexibility index (Phi) is 4.11. The minimum absolute atomic E-state index is 0.299. The molecule has 0 aliphatic carbocycles. The van der Waals surface area contributed by atoms with Crippen molar-refractivity contribution in [2.24, 2.45) is 0 Å². The molecule has 0 aromatic carbocycles. The fourth-order valence-corrected chi connectivity index (χ4v) is 1.60. The Balaban J connectivity index is 2.81. The summed E-state index contributed by atoms with van der Waals surface area (Å²) in [4.78, 5) is 23.3. The summed E-state index contributed by atoms with van der Waals surface area (Å²) in [6.07, 6.45) is 0.599. The van der Waals surface area contributed by atoms with Crippen LogP contribution in [-0.2, 0) is 14.3 Å². The third-order valence-electron chi connectivity index (χ3n) is 3.30. The number of hydrogen-bond donors (Lipinski definition) is 3. The number of amides is 1. The van der Waals surface area contributed by atoms with Gasteiger partial charge in [-0.15, -0.1) is 0 Å². The zero-order valence-electron chi connectivity index (χ0n) is 10.5. The third kappa shape index (κ3) is 2.95. The molecule has 3 N–H and O–H groups in total. The van der Waals surface area contributed by atoms with Gasteiger partial charge in [-0.2, -0.15) is 0 Å². The highest BCUT2D eigenvalue weighted by molar-refractivity contribution is 5.91. The Hall–Kier alpha value is -1.14. The van der Waals surface area contributed by atoms with E-state index >= 15 is 0 Å².